The molecule has 53 heavy (non-hydrogen) atoms. The highest BCUT2D eigenvalue weighted by molar-refractivity contribution is 5.63. The zero-order chi connectivity index (χ0) is 41.8. The van der Waals surface area contributed by atoms with Crippen LogP contribution in [0.25, 0.3) is 0 Å². The molecule has 0 saturated carbocycles. The highest BCUT2D eigenvalue weighted by Gasteiger charge is 2.50. The number of allylic oxidation sites excluding steroid dienone is 17. The normalized spacial score (nSPS) is 18.2. The monoisotopic (exact) mass is 719 g/mol. The van der Waals surface area contributed by atoms with Gasteiger partial charge in [0.05, 0.1) is 0 Å². The van der Waals surface area contributed by atoms with Gasteiger partial charge in [0.2, 0.25) is 0 Å². The summed E-state index contributed by atoms with van der Waals surface area (Å²) in [7, 11) is 0. The molecule has 2 aliphatic rings. The Morgan fingerprint density at radius 2 is 1.36 bits per heavy atom. The van der Waals surface area contributed by atoms with Crippen molar-refractivity contribution >= 4 is 0 Å². The summed E-state index contributed by atoms with van der Waals surface area (Å²) < 4.78 is 0. The van der Waals surface area contributed by atoms with E-state index in [2.05, 4.69) is 155 Å². The number of hydrogen-bond acceptors (Lipinski definition) is 0. The van der Waals surface area contributed by atoms with Gasteiger partial charge < -0.3 is 0 Å². The van der Waals surface area contributed by atoms with E-state index in [1.165, 1.54) is 39.0 Å². The lowest BCUT2D eigenvalue weighted by Crippen LogP contribution is -2.38. The van der Waals surface area contributed by atoms with E-state index in [0.29, 0.717) is 5.92 Å². The number of rotatable bonds is 13. The third kappa shape index (κ3) is 12.5. The van der Waals surface area contributed by atoms with Crippen LogP contribution in [-0.2, 0) is 10.8 Å². The first-order valence-electron chi connectivity index (χ1n) is 20.5. The smallest absolute Gasteiger partial charge is 0.0254 e. The molecule has 0 bridgehead atoms. The van der Waals surface area contributed by atoms with Crippen LogP contribution in [0.1, 0.15) is 160 Å². The maximum atomic E-state index is 4.54. The van der Waals surface area contributed by atoms with Crippen molar-refractivity contribution < 1.29 is 0 Å². The third-order valence-electron chi connectivity index (χ3n) is 10.7. The molecule has 0 nitrogen and oxygen atoms in total. The van der Waals surface area contributed by atoms with Crippen molar-refractivity contribution in [1.82, 2.24) is 0 Å². The molecule has 0 radical (unpaired) electrons. The zero-order valence-electron chi connectivity index (χ0n) is 37.8. The molecule has 0 fully saturated rings. The average Bonchev–Trinajstić information content (AvgIpc) is 3.42. The molecule has 0 heterocycles. The predicted molar refractivity (Wildman–Crippen MR) is 247 cm³/mol. The van der Waals surface area contributed by atoms with Gasteiger partial charge in [0.1, 0.15) is 0 Å². The van der Waals surface area contributed by atoms with Gasteiger partial charge in [-0.3, -0.25) is 0 Å². The molecule has 0 spiro atoms. The van der Waals surface area contributed by atoms with Crippen LogP contribution in [-0.4, -0.2) is 0 Å². The Morgan fingerprint density at radius 1 is 0.792 bits per heavy atom. The molecule has 0 heteroatoms. The second-order valence-corrected chi connectivity index (χ2v) is 15.1. The fraction of sp³-hybridized carbons (Fsp3) is 0.472. The summed E-state index contributed by atoms with van der Waals surface area (Å²) in [5, 5.41) is 0. The largest absolute Gasteiger partial charge is 0.0991 e. The van der Waals surface area contributed by atoms with Crippen molar-refractivity contribution in [3.05, 3.63) is 168 Å². The van der Waals surface area contributed by atoms with Crippen LogP contribution in [0.15, 0.2) is 151 Å². The first kappa shape index (κ1) is 51.5. The van der Waals surface area contributed by atoms with Crippen LogP contribution >= 0.6 is 0 Å². The van der Waals surface area contributed by atoms with Crippen LogP contribution in [0.5, 0.6) is 0 Å². The van der Waals surface area contributed by atoms with Crippen molar-refractivity contribution in [2.24, 2.45) is 10.8 Å². The second-order valence-electron chi connectivity index (χ2n) is 15.1. The standard InChI is InChI=1S/C45H58.4C2H6/c1-15-19-21-35(18-4)31-45(30-34(17-3)20-16-2)40-28-36(42(8,9)10)24-26-38(40)39-27-25-37(29-41(39)45)44(13,14)43(11,12)33(7)23-22-32(5)6;4*1-2/h15-25,27-29,38H,1-3,5,7,26,30-31H2,4,6,8-14H3;4*1-2H3/b21-19-,23-22-,34-20+,35-18+;;;;. The van der Waals surface area contributed by atoms with E-state index in [0.717, 1.165) is 30.4 Å². The van der Waals surface area contributed by atoms with Gasteiger partial charge in [0.15, 0.2) is 0 Å². The second kappa shape index (κ2) is 23.9. The lowest BCUT2D eigenvalue weighted by molar-refractivity contribution is 0.255. The van der Waals surface area contributed by atoms with Crippen LogP contribution in [0.3, 0.4) is 0 Å². The van der Waals surface area contributed by atoms with Crippen molar-refractivity contribution in [2.75, 3.05) is 0 Å². The molecule has 294 valence electrons. The fourth-order valence-electron chi connectivity index (χ4n) is 6.97. The molecule has 2 atom stereocenters. The molecule has 0 aromatic heterocycles. The van der Waals surface area contributed by atoms with Crippen LogP contribution in [0.2, 0.25) is 0 Å². The van der Waals surface area contributed by atoms with Gasteiger partial charge in [-0.15, -0.1) is 0 Å². The van der Waals surface area contributed by atoms with Crippen molar-refractivity contribution in [3.8, 4) is 0 Å². The highest BCUT2D eigenvalue weighted by atomic mass is 14.5. The predicted octanol–water partition coefficient (Wildman–Crippen LogP) is 17.2. The minimum atomic E-state index is -0.242. The summed E-state index contributed by atoms with van der Waals surface area (Å²) in [5.74, 6) is 0.348. The van der Waals surface area contributed by atoms with E-state index in [-0.39, 0.29) is 21.7 Å². The fourth-order valence-corrected chi connectivity index (χ4v) is 6.97. The number of hydrogen-bond donors (Lipinski definition) is 0. The minimum Gasteiger partial charge on any atom is -0.0991 e. The minimum absolute atomic E-state index is 0.0672. The SMILES string of the molecule is C=C/C=C\C(=C/C)CC1(C/C(C=C)=C/C=C)C2=CC(C(C)(C)C)=CCC2c2ccc(C(C)(C)C(C)(C)C(=C)/C=C\C(=C)C)cc21.CC.CC.CC.CC. The summed E-state index contributed by atoms with van der Waals surface area (Å²) in [6.45, 7) is 57.4. The summed E-state index contributed by atoms with van der Waals surface area (Å²) in [6, 6.07) is 7.36. The van der Waals surface area contributed by atoms with E-state index in [1.54, 1.807) is 0 Å². The van der Waals surface area contributed by atoms with E-state index < -0.39 is 0 Å². The Labute approximate surface area is 331 Å². The first-order valence-corrected chi connectivity index (χ1v) is 20.5. The lowest BCUT2D eigenvalue weighted by Gasteiger charge is -2.44. The van der Waals surface area contributed by atoms with E-state index in [9.17, 15) is 0 Å². The first-order chi connectivity index (χ1) is 25.0. The van der Waals surface area contributed by atoms with Gasteiger partial charge in [-0.25, -0.2) is 0 Å². The molecule has 2 unspecified atom stereocenters. The molecular weight excluding hydrogens is 637 g/mol. The van der Waals surface area contributed by atoms with E-state index in [4.69, 9.17) is 0 Å². The maximum Gasteiger partial charge on any atom is 0.0254 e. The van der Waals surface area contributed by atoms with Crippen LogP contribution < -0.4 is 0 Å². The molecule has 2 aliphatic carbocycles. The summed E-state index contributed by atoms with van der Waals surface area (Å²) in [4.78, 5) is 0. The Balaban J connectivity index is 0. The molecule has 0 aliphatic heterocycles. The molecule has 1 aromatic rings. The Morgan fingerprint density at radius 3 is 1.83 bits per heavy atom. The topological polar surface area (TPSA) is 0 Å². The molecule has 3 rings (SSSR count). The number of benzene rings is 1. The Bertz CT molecular complexity index is 1540. The average molecular weight is 719 g/mol. The van der Waals surface area contributed by atoms with Gasteiger partial charge >= 0.3 is 0 Å². The van der Waals surface area contributed by atoms with Gasteiger partial charge in [-0.2, -0.15) is 0 Å². The molecule has 1 aromatic carbocycles. The van der Waals surface area contributed by atoms with E-state index >= 15 is 0 Å². The van der Waals surface area contributed by atoms with Crippen molar-refractivity contribution in [1.29, 1.82) is 0 Å². The van der Waals surface area contributed by atoms with Gasteiger partial charge in [0.25, 0.3) is 0 Å². The van der Waals surface area contributed by atoms with E-state index in [1.807, 2.05) is 80.5 Å². The Kier molecular flexibility index (Phi) is 23.2. The van der Waals surface area contributed by atoms with Crippen molar-refractivity contribution in [2.45, 2.75) is 154 Å². The van der Waals surface area contributed by atoms with Crippen molar-refractivity contribution in [3.63, 3.8) is 0 Å². The molecule has 0 amide bonds. The van der Waals surface area contributed by atoms with Gasteiger partial charge in [-0.05, 0) is 82.8 Å². The molecule has 0 N–H and O–H groups in total. The Hall–Kier alpha value is -3.64. The van der Waals surface area contributed by atoms with Gasteiger partial charge in [0, 0.05) is 11.3 Å². The van der Waals surface area contributed by atoms with Crippen LogP contribution in [0.4, 0.5) is 0 Å². The van der Waals surface area contributed by atoms with Gasteiger partial charge in [-0.1, -0.05) is 239 Å². The zero-order valence-corrected chi connectivity index (χ0v) is 37.8. The molecule has 0 saturated heterocycles. The summed E-state index contributed by atoms with van der Waals surface area (Å²) in [5.41, 5.74) is 11.3. The summed E-state index contributed by atoms with van der Waals surface area (Å²) in [6.07, 6.45) is 26.5. The maximum absolute atomic E-state index is 4.54. The third-order valence-corrected chi connectivity index (χ3v) is 10.7. The quantitative estimate of drug-likeness (QED) is 0.178. The summed E-state index contributed by atoms with van der Waals surface area (Å²) >= 11 is 0. The van der Waals surface area contributed by atoms with Crippen LogP contribution in [0, 0.1) is 10.8 Å². The highest BCUT2D eigenvalue weighted by Crippen LogP contribution is 2.61. The number of fused-ring (bicyclic) bond motifs is 3. The lowest BCUT2D eigenvalue weighted by atomic mass is 9.60. The molecular formula is C53H82.